The molecule has 1 aliphatic rings. The van der Waals surface area contributed by atoms with E-state index in [1.807, 2.05) is 0 Å². The molecule has 0 amide bonds. The third-order valence-electron chi connectivity index (χ3n) is 4.98. The average molecular weight is 182 g/mol. The summed E-state index contributed by atoms with van der Waals surface area (Å²) >= 11 is 0. The molecule has 0 heterocycles. The molecule has 0 aliphatic heterocycles. The molecule has 0 heteroatoms. The van der Waals surface area contributed by atoms with E-state index in [4.69, 9.17) is 0 Å². The fourth-order valence-corrected chi connectivity index (χ4v) is 2.84. The molecule has 1 fully saturated rings. The second-order valence-electron chi connectivity index (χ2n) is 5.67. The maximum absolute atomic E-state index is 2.48. The summed E-state index contributed by atoms with van der Waals surface area (Å²) < 4.78 is 0. The zero-order valence-electron chi connectivity index (χ0n) is 10.1. The first-order valence-electron chi connectivity index (χ1n) is 5.97. The quantitative estimate of drug-likeness (QED) is 0.543. The third-order valence-corrected chi connectivity index (χ3v) is 4.98. The van der Waals surface area contributed by atoms with Gasteiger partial charge in [-0.3, -0.25) is 0 Å². The summed E-state index contributed by atoms with van der Waals surface area (Å²) in [5.74, 6) is 0.932. The second kappa shape index (κ2) is 3.63. The van der Waals surface area contributed by atoms with Crippen molar-refractivity contribution < 1.29 is 0 Å². The monoisotopic (exact) mass is 182 g/mol. The Bertz CT molecular complexity index is 169. The van der Waals surface area contributed by atoms with Gasteiger partial charge in [-0.05, 0) is 23.2 Å². The molecule has 0 spiro atoms. The van der Waals surface area contributed by atoms with Crippen molar-refractivity contribution in [2.75, 3.05) is 0 Å². The molecule has 0 bridgehead atoms. The van der Waals surface area contributed by atoms with Crippen molar-refractivity contribution in [2.24, 2.45) is 16.7 Å². The minimum absolute atomic E-state index is 0.610. The van der Waals surface area contributed by atoms with Gasteiger partial charge in [0.05, 0.1) is 0 Å². The van der Waals surface area contributed by atoms with Crippen LogP contribution >= 0.6 is 0 Å². The summed E-state index contributed by atoms with van der Waals surface area (Å²) in [6.07, 6.45) is 7.11. The van der Waals surface area contributed by atoms with E-state index in [1.165, 1.54) is 32.1 Å². The molecule has 2 unspecified atom stereocenters. The van der Waals surface area contributed by atoms with Gasteiger partial charge in [0.25, 0.3) is 0 Å². The molecule has 0 N–H and O–H groups in total. The molecule has 1 saturated carbocycles. The van der Waals surface area contributed by atoms with Crippen molar-refractivity contribution in [3.8, 4) is 0 Å². The van der Waals surface area contributed by atoms with Crippen LogP contribution in [-0.4, -0.2) is 0 Å². The number of unbranched alkanes of at least 4 members (excludes halogenated alkanes) is 3. The SMILES string of the molecule is CCCCCCC1(C)C(C)C1(C)C. The molecule has 0 aromatic rings. The highest BCUT2D eigenvalue weighted by Gasteiger charge is 2.63. The summed E-state index contributed by atoms with van der Waals surface area (Å²) in [5, 5.41) is 0. The minimum atomic E-state index is 0.610. The first kappa shape index (κ1) is 11.1. The predicted molar refractivity (Wildman–Crippen MR) is 59.8 cm³/mol. The van der Waals surface area contributed by atoms with Crippen molar-refractivity contribution in [1.29, 1.82) is 0 Å². The normalized spacial score (nSPS) is 36.2. The average Bonchev–Trinajstić information content (AvgIpc) is 2.45. The van der Waals surface area contributed by atoms with Crippen molar-refractivity contribution in [3.05, 3.63) is 0 Å². The highest BCUT2D eigenvalue weighted by Crippen LogP contribution is 2.70. The van der Waals surface area contributed by atoms with Gasteiger partial charge in [0.15, 0.2) is 0 Å². The summed E-state index contributed by atoms with van der Waals surface area (Å²) in [4.78, 5) is 0. The van der Waals surface area contributed by atoms with E-state index in [1.54, 1.807) is 0 Å². The zero-order chi connectivity index (χ0) is 10.1. The van der Waals surface area contributed by atoms with Gasteiger partial charge in [-0.1, -0.05) is 60.3 Å². The van der Waals surface area contributed by atoms with Crippen molar-refractivity contribution in [2.45, 2.75) is 66.7 Å². The largest absolute Gasteiger partial charge is 0.0654 e. The Balaban J connectivity index is 2.23. The van der Waals surface area contributed by atoms with Gasteiger partial charge in [0.1, 0.15) is 0 Å². The summed E-state index contributed by atoms with van der Waals surface area (Å²) in [6, 6.07) is 0. The number of hydrogen-bond donors (Lipinski definition) is 0. The zero-order valence-corrected chi connectivity index (χ0v) is 10.1. The van der Waals surface area contributed by atoms with Crippen LogP contribution in [-0.2, 0) is 0 Å². The van der Waals surface area contributed by atoms with E-state index in [0.29, 0.717) is 10.8 Å². The Morgan fingerprint density at radius 3 is 1.92 bits per heavy atom. The maximum atomic E-state index is 2.48. The topological polar surface area (TPSA) is 0 Å². The number of rotatable bonds is 5. The van der Waals surface area contributed by atoms with Gasteiger partial charge < -0.3 is 0 Å². The Morgan fingerprint density at radius 2 is 1.54 bits per heavy atom. The highest BCUT2D eigenvalue weighted by molar-refractivity contribution is 5.12. The van der Waals surface area contributed by atoms with Gasteiger partial charge in [0.2, 0.25) is 0 Å². The summed E-state index contributed by atoms with van der Waals surface area (Å²) in [6.45, 7) is 12.0. The first-order chi connectivity index (χ1) is 5.97. The van der Waals surface area contributed by atoms with Crippen molar-refractivity contribution in [1.82, 2.24) is 0 Å². The Labute approximate surface area is 84.1 Å². The Kier molecular flexibility index (Phi) is 3.09. The van der Waals surface area contributed by atoms with E-state index in [9.17, 15) is 0 Å². The lowest BCUT2D eigenvalue weighted by Gasteiger charge is -2.14. The van der Waals surface area contributed by atoms with E-state index in [-0.39, 0.29) is 0 Å². The van der Waals surface area contributed by atoms with Crippen LogP contribution in [0.15, 0.2) is 0 Å². The van der Waals surface area contributed by atoms with Crippen molar-refractivity contribution in [3.63, 3.8) is 0 Å². The second-order valence-corrected chi connectivity index (χ2v) is 5.67. The minimum Gasteiger partial charge on any atom is -0.0654 e. The van der Waals surface area contributed by atoms with Crippen LogP contribution in [0.4, 0.5) is 0 Å². The molecular formula is C13H26. The van der Waals surface area contributed by atoms with Gasteiger partial charge in [0, 0.05) is 0 Å². The molecule has 13 heavy (non-hydrogen) atoms. The fraction of sp³-hybridized carbons (Fsp3) is 1.00. The van der Waals surface area contributed by atoms with Crippen LogP contribution in [0.25, 0.3) is 0 Å². The molecule has 2 atom stereocenters. The van der Waals surface area contributed by atoms with Crippen LogP contribution < -0.4 is 0 Å². The Hall–Kier alpha value is 0. The van der Waals surface area contributed by atoms with E-state index in [0.717, 1.165) is 5.92 Å². The van der Waals surface area contributed by atoms with Crippen LogP contribution in [0.3, 0.4) is 0 Å². The van der Waals surface area contributed by atoms with Crippen LogP contribution in [0.5, 0.6) is 0 Å². The fourth-order valence-electron chi connectivity index (χ4n) is 2.84. The smallest absolute Gasteiger partial charge is 0.0241 e. The van der Waals surface area contributed by atoms with E-state index < -0.39 is 0 Å². The van der Waals surface area contributed by atoms with Gasteiger partial charge >= 0.3 is 0 Å². The molecular weight excluding hydrogens is 156 g/mol. The molecule has 1 aliphatic carbocycles. The lowest BCUT2D eigenvalue weighted by atomic mass is 9.91. The van der Waals surface area contributed by atoms with Crippen LogP contribution in [0.2, 0.25) is 0 Å². The molecule has 1 rings (SSSR count). The van der Waals surface area contributed by atoms with Gasteiger partial charge in [-0.25, -0.2) is 0 Å². The third kappa shape index (κ3) is 1.78. The summed E-state index contributed by atoms with van der Waals surface area (Å²) in [7, 11) is 0. The van der Waals surface area contributed by atoms with E-state index in [2.05, 4.69) is 34.6 Å². The Morgan fingerprint density at radius 1 is 1.00 bits per heavy atom. The van der Waals surface area contributed by atoms with Gasteiger partial charge in [-0.2, -0.15) is 0 Å². The predicted octanol–water partition coefficient (Wildman–Crippen LogP) is 4.64. The standard InChI is InChI=1S/C13H26/c1-6-7-8-9-10-13(5)11(2)12(13,3)4/h11H,6-10H2,1-5H3. The molecule has 0 aromatic heterocycles. The maximum Gasteiger partial charge on any atom is -0.0241 e. The lowest BCUT2D eigenvalue weighted by Crippen LogP contribution is -2.03. The van der Waals surface area contributed by atoms with Crippen LogP contribution in [0, 0.1) is 16.7 Å². The summed E-state index contributed by atoms with van der Waals surface area (Å²) in [5.41, 5.74) is 1.26. The van der Waals surface area contributed by atoms with Crippen molar-refractivity contribution >= 4 is 0 Å². The molecule has 0 saturated heterocycles. The highest BCUT2D eigenvalue weighted by atomic mass is 14.7. The molecule has 0 nitrogen and oxygen atoms in total. The molecule has 0 aromatic carbocycles. The molecule has 0 radical (unpaired) electrons. The number of hydrogen-bond acceptors (Lipinski definition) is 0. The molecule has 78 valence electrons. The van der Waals surface area contributed by atoms with E-state index >= 15 is 0 Å². The first-order valence-corrected chi connectivity index (χ1v) is 5.97. The van der Waals surface area contributed by atoms with Gasteiger partial charge in [-0.15, -0.1) is 0 Å². The van der Waals surface area contributed by atoms with Crippen LogP contribution in [0.1, 0.15) is 66.7 Å². The lowest BCUT2D eigenvalue weighted by molar-refractivity contribution is 0.370.